The molecule has 1 aromatic rings. The first-order valence-electron chi connectivity index (χ1n) is 6.08. The molecule has 104 valence electrons. The topological polar surface area (TPSA) is 76.0 Å². The van der Waals surface area contributed by atoms with Gasteiger partial charge >= 0.3 is 0 Å². The molecule has 0 saturated heterocycles. The van der Waals surface area contributed by atoms with Crippen molar-refractivity contribution in [1.82, 2.24) is 0 Å². The predicted octanol–water partition coefficient (Wildman–Crippen LogP) is 1.68. The Hall–Kier alpha value is -1.75. The van der Waals surface area contributed by atoms with E-state index in [1.165, 1.54) is 20.1 Å². The van der Waals surface area contributed by atoms with Crippen molar-refractivity contribution in [1.29, 1.82) is 0 Å². The lowest BCUT2D eigenvalue weighted by molar-refractivity contribution is -0.0230. The van der Waals surface area contributed by atoms with E-state index in [9.17, 15) is 15.0 Å². The van der Waals surface area contributed by atoms with Crippen LogP contribution in [0.4, 0.5) is 0 Å². The standard InChI is InChI=1S/C14H18O5/c1-7(15)12-9(16)6-10-8(13(12)18-4)5-11(19-10)14(2,3)17/h6,11,16-17H,5H2,1-4H3/t11-/m0/s1. The lowest BCUT2D eigenvalue weighted by atomic mass is 9.95. The minimum Gasteiger partial charge on any atom is -0.507 e. The molecular weight excluding hydrogens is 248 g/mol. The van der Waals surface area contributed by atoms with Crippen molar-refractivity contribution in [3.05, 3.63) is 17.2 Å². The molecule has 0 fully saturated rings. The maximum atomic E-state index is 11.6. The van der Waals surface area contributed by atoms with Crippen molar-refractivity contribution >= 4 is 5.78 Å². The fraction of sp³-hybridized carbons (Fsp3) is 0.500. The van der Waals surface area contributed by atoms with E-state index in [1.807, 2.05) is 0 Å². The van der Waals surface area contributed by atoms with Gasteiger partial charge in [-0.25, -0.2) is 0 Å². The Labute approximate surface area is 111 Å². The first-order chi connectivity index (χ1) is 8.75. The summed E-state index contributed by atoms with van der Waals surface area (Å²) in [6.07, 6.45) is 0.000702. The summed E-state index contributed by atoms with van der Waals surface area (Å²) in [6.45, 7) is 4.68. The van der Waals surface area contributed by atoms with E-state index in [1.54, 1.807) is 13.8 Å². The summed E-state index contributed by atoms with van der Waals surface area (Å²) < 4.78 is 10.9. The number of hydrogen-bond donors (Lipinski definition) is 2. The third-order valence-corrected chi connectivity index (χ3v) is 3.33. The Bertz CT molecular complexity index is 528. The first kappa shape index (κ1) is 13.7. The second-order valence-electron chi connectivity index (χ2n) is 5.30. The average Bonchev–Trinajstić information content (AvgIpc) is 2.69. The number of aromatic hydroxyl groups is 1. The Balaban J connectivity index is 2.54. The monoisotopic (exact) mass is 266 g/mol. The molecular formula is C14H18O5. The number of phenolic OH excluding ortho intramolecular Hbond substituents is 1. The SMILES string of the molecule is COc1c2c(cc(O)c1C(C)=O)O[C@H](C(C)(C)O)C2. The van der Waals surface area contributed by atoms with E-state index in [-0.39, 0.29) is 17.1 Å². The molecule has 0 saturated carbocycles. The average molecular weight is 266 g/mol. The fourth-order valence-electron chi connectivity index (χ4n) is 2.30. The molecule has 2 rings (SSSR count). The smallest absolute Gasteiger partial charge is 0.167 e. The van der Waals surface area contributed by atoms with Gasteiger partial charge in [-0.05, 0) is 20.8 Å². The molecule has 1 atom stereocenters. The summed E-state index contributed by atoms with van der Waals surface area (Å²) in [7, 11) is 1.44. The van der Waals surface area contributed by atoms with Gasteiger partial charge in [0.25, 0.3) is 0 Å². The van der Waals surface area contributed by atoms with Gasteiger partial charge in [0.05, 0.1) is 12.7 Å². The molecule has 1 aromatic carbocycles. The Morgan fingerprint density at radius 1 is 1.53 bits per heavy atom. The first-order valence-corrected chi connectivity index (χ1v) is 6.08. The van der Waals surface area contributed by atoms with Gasteiger partial charge in [-0.2, -0.15) is 0 Å². The van der Waals surface area contributed by atoms with Gasteiger partial charge in [0.2, 0.25) is 0 Å². The number of rotatable bonds is 3. The number of carbonyl (C=O) groups is 1. The van der Waals surface area contributed by atoms with E-state index in [0.29, 0.717) is 23.5 Å². The third-order valence-electron chi connectivity index (χ3n) is 3.33. The summed E-state index contributed by atoms with van der Waals surface area (Å²) in [5.74, 6) is 0.337. The summed E-state index contributed by atoms with van der Waals surface area (Å²) in [6, 6.07) is 1.40. The maximum absolute atomic E-state index is 11.6. The molecule has 1 aliphatic rings. The normalized spacial score (nSPS) is 17.8. The zero-order valence-corrected chi connectivity index (χ0v) is 11.5. The molecule has 1 aliphatic heterocycles. The maximum Gasteiger partial charge on any atom is 0.167 e. The molecule has 5 heteroatoms. The number of ether oxygens (including phenoxy) is 2. The van der Waals surface area contributed by atoms with Crippen LogP contribution in [0.2, 0.25) is 0 Å². The van der Waals surface area contributed by atoms with E-state index < -0.39 is 11.7 Å². The zero-order valence-electron chi connectivity index (χ0n) is 11.5. The number of benzene rings is 1. The summed E-state index contributed by atoms with van der Waals surface area (Å²) >= 11 is 0. The van der Waals surface area contributed by atoms with Crippen LogP contribution in [0, 0.1) is 0 Å². The Morgan fingerprint density at radius 2 is 2.16 bits per heavy atom. The number of carbonyl (C=O) groups excluding carboxylic acids is 1. The molecule has 19 heavy (non-hydrogen) atoms. The molecule has 2 N–H and O–H groups in total. The number of aliphatic hydroxyl groups is 1. The molecule has 0 unspecified atom stereocenters. The molecule has 0 spiro atoms. The van der Waals surface area contributed by atoms with Crippen LogP contribution >= 0.6 is 0 Å². The van der Waals surface area contributed by atoms with Gasteiger partial charge < -0.3 is 19.7 Å². The lowest BCUT2D eigenvalue weighted by Gasteiger charge is -2.24. The van der Waals surface area contributed by atoms with E-state index in [2.05, 4.69) is 0 Å². The quantitative estimate of drug-likeness (QED) is 0.814. The van der Waals surface area contributed by atoms with Gasteiger partial charge in [0, 0.05) is 18.1 Å². The van der Waals surface area contributed by atoms with Crippen molar-refractivity contribution in [3.63, 3.8) is 0 Å². The molecule has 1 heterocycles. The van der Waals surface area contributed by atoms with Gasteiger partial charge in [-0.3, -0.25) is 4.79 Å². The largest absolute Gasteiger partial charge is 0.507 e. The van der Waals surface area contributed by atoms with E-state index in [0.717, 1.165) is 0 Å². The number of phenols is 1. The number of hydrogen-bond acceptors (Lipinski definition) is 5. The lowest BCUT2D eigenvalue weighted by Crippen LogP contribution is -2.39. The Morgan fingerprint density at radius 3 is 2.63 bits per heavy atom. The third kappa shape index (κ3) is 2.26. The second-order valence-corrected chi connectivity index (χ2v) is 5.30. The number of methoxy groups -OCH3 is 1. The number of Topliss-reactive ketones (excluding diaryl/α,β-unsaturated/α-hetero) is 1. The van der Waals surface area contributed by atoms with Gasteiger partial charge in [0.1, 0.15) is 28.9 Å². The molecule has 0 amide bonds. The molecule has 0 radical (unpaired) electrons. The van der Waals surface area contributed by atoms with Crippen molar-refractivity contribution < 1.29 is 24.5 Å². The van der Waals surface area contributed by atoms with Crippen molar-refractivity contribution in [2.75, 3.05) is 7.11 Å². The van der Waals surface area contributed by atoms with E-state index in [4.69, 9.17) is 9.47 Å². The van der Waals surface area contributed by atoms with Crippen LogP contribution < -0.4 is 9.47 Å². The molecule has 5 nitrogen and oxygen atoms in total. The van der Waals surface area contributed by atoms with Crippen LogP contribution in [-0.2, 0) is 6.42 Å². The minimum absolute atomic E-state index is 0.154. The molecule has 0 aromatic heterocycles. The number of fused-ring (bicyclic) bond motifs is 1. The van der Waals surface area contributed by atoms with Crippen LogP contribution in [0.25, 0.3) is 0 Å². The Kier molecular flexibility index (Phi) is 3.18. The van der Waals surface area contributed by atoms with Gasteiger partial charge in [-0.1, -0.05) is 0 Å². The zero-order chi connectivity index (χ0) is 14.4. The fourth-order valence-corrected chi connectivity index (χ4v) is 2.30. The van der Waals surface area contributed by atoms with Crippen LogP contribution in [0.5, 0.6) is 17.2 Å². The van der Waals surface area contributed by atoms with Crippen molar-refractivity contribution in [2.24, 2.45) is 0 Å². The van der Waals surface area contributed by atoms with Gasteiger partial charge in [-0.15, -0.1) is 0 Å². The van der Waals surface area contributed by atoms with Crippen molar-refractivity contribution in [3.8, 4) is 17.2 Å². The van der Waals surface area contributed by atoms with Crippen LogP contribution in [0.3, 0.4) is 0 Å². The highest BCUT2D eigenvalue weighted by Gasteiger charge is 2.38. The van der Waals surface area contributed by atoms with Crippen LogP contribution in [-0.4, -0.2) is 34.8 Å². The van der Waals surface area contributed by atoms with Crippen LogP contribution in [0.1, 0.15) is 36.7 Å². The highest BCUT2D eigenvalue weighted by molar-refractivity contribution is 6.00. The van der Waals surface area contributed by atoms with Crippen LogP contribution in [0.15, 0.2) is 6.07 Å². The summed E-state index contributed by atoms with van der Waals surface area (Å²) in [5.41, 5.74) is -0.158. The number of ketones is 1. The summed E-state index contributed by atoms with van der Waals surface area (Å²) in [5, 5.41) is 19.9. The highest BCUT2D eigenvalue weighted by atomic mass is 16.5. The minimum atomic E-state index is -1.02. The molecule has 0 bridgehead atoms. The predicted molar refractivity (Wildman–Crippen MR) is 69.1 cm³/mol. The van der Waals surface area contributed by atoms with Crippen molar-refractivity contribution in [2.45, 2.75) is 38.9 Å². The van der Waals surface area contributed by atoms with E-state index >= 15 is 0 Å². The van der Waals surface area contributed by atoms with Gasteiger partial charge in [0.15, 0.2) is 5.78 Å². The summed E-state index contributed by atoms with van der Waals surface area (Å²) in [4.78, 5) is 11.6. The second kappa shape index (κ2) is 4.42. The highest BCUT2D eigenvalue weighted by Crippen LogP contribution is 2.44. The molecule has 0 aliphatic carbocycles.